The zero-order chi connectivity index (χ0) is 14.2. The van der Waals surface area contributed by atoms with Crippen LogP contribution in [-0.2, 0) is 6.42 Å². The molecule has 102 valence electrons. The third kappa shape index (κ3) is 4.42. The molecule has 0 radical (unpaired) electrons. The second kappa shape index (κ2) is 7.32. The highest BCUT2D eigenvalue weighted by molar-refractivity contribution is 5.33. The SMILES string of the molecule is CN(CC#N)CCc1ccc(Oc2ccccc2)cc1. The summed E-state index contributed by atoms with van der Waals surface area (Å²) in [7, 11) is 1.95. The van der Waals surface area contributed by atoms with Crippen LogP contribution in [0, 0.1) is 11.3 Å². The molecule has 0 aliphatic rings. The van der Waals surface area contributed by atoms with Crippen molar-refractivity contribution in [3.05, 3.63) is 60.2 Å². The Morgan fingerprint density at radius 3 is 2.30 bits per heavy atom. The Balaban J connectivity index is 1.88. The minimum absolute atomic E-state index is 0.467. The third-order valence-corrected chi connectivity index (χ3v) is 3.03. The molecule has 0 amide bonds. The van der Waals surface area contributed by atoms with Gasteiger partial charge in [-0.25, -0.2) is 0 Å². The van der Waals surface area contributed by atoms with Crippen LogP contribution in [0.25, 0.3) is 0 Å². The van der Waals surface area contributed by atoms with Crippen LogP contribution in [0.15, 0.2) is 54.6 Å². The number of ether oxygens (including phenoxy) is 1. The van der Waals surface area contributed by atoms with Crippen LogP contribution >= 0.6 is 0 Å². The molecule has 0 heterocycles. The average Bonchev–Trinajstić information content (AvgIpc) is 2.48. The van der Waals surface area contributed by atoms with E-state index in [2.05, 4.69) is 18.2 Å². The van der Waals surface area contributed by atoms with Crippen molar-refractivity contribution in [3.8, 4) is 17.6 Å². The molecule has 0 spiro atoms. The zero-order valence-corrected chi connectivity index (χ0v) is 11.6. The zero-order valence-electron chi connectivity index (χ0n) is 11.6. The van der Waals surface area contributed by atoms with E-state index in [-0.39, 0.29) is 0 Å². The standard InChI is InChI=1S/C17H18N2O/c1-19(14-12-18)13-11-15-7-9-17(10-8-15)20-16-5-3-2-4-6-16/h2-10H,11,13-14H2,1H3. The van der Waals surface area contributed by atoms with E-state index in [1.165, 1.54) is 5.56 Å². The molecular weight excluding hydrogens is 248 g/mol. The van der Waals surface area contributed by atoms with Gasteiger partial charge in [-0.1, -0.05) is 30.3 Å². The largest absolute Gasteiger partial charge is 0.457 e. The van der Waals surface area contributed by atoms with E-state index < -0.39 is 0 Å². The molecule has 2 rings (SSSR count). The first-order valence-corrected chi connectivity index (χ1v) is 6.65. The van der Waals surface area contributed by atoms with Crippen LogP contribution in [0.4, 0.5) is 0 Å². The number of hydrogen-bond acceptors (Lipinski definition) is 3. The molecule has 20 heavy (non-hydrogen) atoms. The van der Waals surface area contributed by atoms with Gasteiger partial charge in [0.25, 0.3) is 0 Å². The first kappa shape index (κ1) is 14.1. The Morgan fingerprint density at radius 2 is 1.65 bits per heavy atom. The Labute approximate surface area is 120 Å². The van der Waals surface area contributed by atoms with Crippen LogP contribution in [0.2, 0.25) is 0 Å². The number of nitrogens with zero attached hydrogens (tertiary/aromatic N) is 2. The van der Waals surface area contributed by atoms with Gasteiger partial charge in [0.1, 0.15) is 11.5 Å². The topological polar surface area (TPSA) is 36.3 Å². The molecule has 0 aliphatic heterocycles. The summed E-state index contributed by atoms with van der Waals surface area (Å²) in [5.74, 6) is 1.68. The molecule has 2 aromatic carbocycles. The second-order valence-corrected chi connectivity index (χ2v) is 4.70. The number of benzene rings is 2. The summed E-state index contributed by atoms with van der Waals surface area (Å²) in [5, 5.41) is 8.60. The van der Waals surface area contributed by atoms with Gasteiger partial charge >= 0.3 is 0 Å². The fraction of sp³-hybridized carbons (Fsp3) is 0.235. The maximum Gasteiger partial charge on any atom is 0.127 e. The Morgan fingerprint density at radius 1 is 1.00 bits per heavy atom. The number of hydrogen-bond donors (Lipinski definition) is 0. The van der Waals surface area contributed by atoms with Crippen molar-refractivity contribution in [2.45, 2.75) is 6.42 Å². The van der Waals surface area contributed by atoms with Crippen LogP contribution in [0.3, 0.4) is 0 Å². The van der Waals surface area contributed by atoms with Crippen LogP contribution in [0.1, 0.15) is 5.56 Å². The lowest BCUT2D eigenvalue weighted by atomic mass is 10.1. The fourth-order valence-corrected chi connectivity index (χ4v) is 1.87. The van der Waals surface area contributed by atoms with Gasteiger partial charge in [-0.05, 0) is 43.3 Å². The van der Waals surface area contributed by atoms with Gasteiger partial charge in [-0.2, -0.15) is 5.26 Å². The minimum atomic E-state index is 0.467. The van der Waals surface area contributed by atoms with E-state index in [0.717, 1.165) is 24.5 Å². The molecule has 0 saturated heterocycles. The summed E-state index contributed by atoms with van der Waals surface area (Å²) in [5.41, 5.74) is 1.25. The summed E-state index contributed by atoms with van der Waals surface area (Å²) in [6.07, 6.45) is 0.934. The van der Waals surface area contributed by atoms with Gasteiger partial charge in [0.05, 0.1) is 12.6 Å². The molecular formula is C17H18N2O. The summed E-state index contributed by atoms with van der Waals surface area (Å²) in [6.45, 7) is 1.35. The number of rotatable bonds is 6. The van der Waals surface area contributed by atoms with Crippen molar-refractivity contribution < 1.29 is 4.74 Å². The molecule has 2 aromatic rings. The van der Waals surface area contributed by atoms with E-state index in [9.17, 15) is 0 Å². The highest BCUT2D eigenvalue weighted by atomic mass is 16.5. The molecule has 0 aliphatic carbocycles. The predicted molar refractivity (Wildman–Crippen MR) is 79.8 cm³/mol. The molecule has 0 aromatic heterocycles. The van der Waals surface area contributed by atoms with Gasteiger partial charge < -0.3 is 4.74 Å². The van der Waals surface area contributed by atoms with E-state index in [1.807, 2.05) is 54.4 Å². The van der Waals surface area contributed by atoms with Gasteiger partial charge in [0.2, 0.25) is 0 Å². The summed E-state index contributed by atoms with van der Waals surface area (Å²) < 4.78 is 5.74. The molecule has 0 unspecified atom stereocenters. The summed E-state index contributed by atoms with van der Waals surface area (Å²) >= 11 is 0. The highest BCUT2D eigenvalue weighted by Crippen LogP contribution is 2.21. The van der Waals surface area contributed by atoms with Crippen LogP contribution in [0.5, 0.6) is 11.5 Å². The third-order valence-electron chi connectivity index (χ3n) is 3.03. The lowest BCUT2D eigenvalue weighted by Crippen LogP contribution is -2.21. The summed E-state index contributed by atoms with van der Waals surface area (Å²) in [4.78, 5) is 2.01. The van der Waals surface area contributed by atoms with Crippen LogP contribution < -0.4 is 4.74 Å². The van der Waals surface area contributed by atoms with Gasteiger partial charge in [-0.3, -0.25) is 4.90 Å². The van der Waals surface area contributed by atoms with Gasteiger partial charge in [0, 0.05) is 6.54 Å². The Hall–Kier alpha value is -2.31. The Kier molecular flexibility index (Phi) is 5.16. The van der Waals surface area contributed by atoms with E-state index in [1.54, 1.807) is 0 Å². The van der Waals surface area contributed by atoms with Crippen molar-refractivity contribution in [2.24, 2.45) is 0 Å². The average molecular weight is 266 g/mol. The Bertz CT molecular complexity index is 558. The monoisotopic (exact) mass is 266 g/mol. The van der Waals surface area contributed by atoms with Crippen molar-refractivity contribution in [3.63, 3.8) is 0 Å². The first-order chi connectivity index (χ1) is 9.78. The van der Waals surface area contributed by atoms with Crippen molar-refractivity contribution >= 4 is 0 Å². The maximum atomic E-state index is 8.60. The lowest BCUT2D eigenvalue weighted by Gasteiger charge is -2.12. The molecule has 3 heteroatoms. The molecule has 0 bridgehead atoms. The second-order valence-electron chi connectivity index (χ2n) is 4.70. The normalized spacial score (nSPS) is 10.2. The van der Waals surface area contributed by atoms with E-state index in [0.29, 0.717) is 6.54 Å². The van der Waals surface area contributed by atoms with E-state index in [4.69, 9.17) is 10.00 Å². The predicted octanol–water partition coefficient (Wildman–Crippen LogP) is 3.48. The van der Waals surface area contributed by atoms with Crippen LogP contribution in [-0.4, -0.2) is 25.0 Å². The van der Waals surface area contributed by atoms with Crippen molar-refractivity contribution in [2.75, 3.05) is 20.1 Å². The minimum Gasteiger partial charge on any atom is -0.457 e. The first-order valence-electron chi connectivity index (χ1n) is 6.65. The summed E-state index contributed by atoms with van der Waals surface area (Å²) in [6, 6.07) is 20.0. The molecule has 0 atom stereocenters. The van der Waals surface area contributed by atoms with Crippen molar-refractivity contribution in [1.29, 1.82) is 5.26 Å². The number of likely N-dealkylation sites (N-methyl/N-ethyl adjacent to an activating group) is 1. The number of nitriles is 1. The highest BCUT2D eigenvalue weighted by Gasteiger charge is 2.00. The van der Waals surface area contributed by atoms with E-state index >= 15 is 0 Å². The molecule has 0 N–H and O–H groups in total. The van der Waals surface area contributed by atoms with Gasteiger partial charge in [0.15, 0.2) is 0 Å². The molecule has 3 nitrogen and oxygen atoms in total. The maximum absolute atomic E-state index is 8.60. The molecule has 0 fully saturated rings. The quantitative estimate of drug-likeness (QED) is 0.751. The molecule has 0 saturated carbocycles. The lowest BCUT2D eigenvalue weighted by molar-refractivity contribution is 0.379. The van der Waals surface area contributed by atoms with Gasteiger partial charge in [-0.15, -0.1) is 0 Å². The van der Waals surface area contributed by atoms with Crippen molar-refractivity contribution in [1.82, 2.24) is 4.90 Å². The number of para-hydroxylation sites is 1. The fourth-order valence-electron chi connectivity index (χ4n) is 1.87. The smallest absolute Gasteiger partial charge is 0.127 e.